The van der Waals surface area contributed by atoms with Crippen LogP contribution >= 0.6 is 0 Å². The van der Waals surface area contributed by atoms with Gasteiger partial charge < -0.3 is 14.9 Å². The number of anilines is 1. The molecule has 1 amide bonds. The lowest BCUT2D eigenvalue weighted by atomic mass is 10.2. The summed E-state index contributed by atoms with van der Waals surface area (Å²) in [5, 5.41) is 9.36. The van der Waals surface area contributed by atoms with Gasteiger partial charge in [0.2, 0.25) is 5.91 Å². The molecule has 2 saturated heterocycles. The monoisotopic (exact) mass is 367 g/mol. The molecule has 138 valence electrons. The Morgan fingerprint density at radius 1 is 1.20 bits per heavy atom. The third-order valence-electron chi connectivity index (χ3n) is 5.10. The number of hydrogen-bond donors (Lipinski definition) is 1. The molecule has 0 unspecified atom stereocenters. The highest BCUT2D eigenvalue weighted by Crippen LogP contribution is 2.20. The van der Waals surface area contributed by atoms with E-state index < -0.39 is 9.84 Å². The van der Waals surface area contributed by atoms with Crippen LogP contribution < -0.4 is 4.90 Å². The van der Waals surface area contributed by atoms with E-state index in [0.29, 0.717) is 13.0 Å². The maximum Gasteiger partial charge on any atom is 0.236 e. The van der Waals surface area contributed by atoms with E-state index in [1.807, 2.05) is 12.1 Å². The van der Waals surface area contributed by atoms with Gasteiger partial charge in [-0.05, 0) is 30.7 Å². The second kappa shape index (κ2) is 7.21. The first kappa shape index (κ1) is 18.0. The van der Waals surface area contributed by atoms with Crippen molar-refractivity contribution in [2.24, 2.45) is 0 Å². The van der Waals surface area contributed by atoms with Gasteiger partial charge in [0.25, 0.3) is 0 Å². The molecule has 0 aliphatic carbocycles. The average molecular weight is 367 g/mol. The largest absolute Gasteiger partial charge is 0.508 e. The SMILES string of the molecule is CN(C(=O)CN1CCN(c2ccc(O)cc2)CC1)[C@@H]1CCS(=O)(=O)C1. The first-order chi connectivity index (χ1) is 11.8. The van der Waals surface area contributed by atoms with Gasteiger partial charge >= 0.3 is 0 Å². The fraction of sp³-hybridized carbons (Fsp3) is 0.588. The zero-order valence-electron chi connectivity index (χ0n) is 14.5. The van der Waals surface area contributed by atoms with Crippen molar-refractivity contribution in [2.45, 2.75) is 12.5 Å². The normalized spacial score (nSPS) is 23.6. The van der Waals surface area contributed by atoms with Crippen molar-refractivity contribution < 1.29 is 18.3 Å². The van der Waals surface area contributed by atoms with Crippen molar-refractivity contribution in [3.63, 3.8) is 0 Å². The zero-order chi connectivity index (χ0) is 18.0. The van der Waals surface area contributed by atoms with Crippen molar-refractivity contribution in [2.75, 3.05) is 56.2 Å². The summed E-state index contributed by atoms with van der Waals surface area (Å²) in [5.74, 6) is 0.509. The minimum absolute atomic E-state index is 0.0137. The molecular formula is C17H25N3O4S. The molecule has 25 heavy (non-hydrogen) atoms. The summed E-state index contributed by atoms with van der Waals surface area (Å²) >= 11 is 0. The van der Waals surface area contributed by atoms with E-state index in [1.54, 1.807) is 24.1 Å². The molecule has 7 nitrogen and oxygen atoms in total. The number of sulfone groups is 1. The van der Waals surface area contributed by atoms with Gasteiger partial charge in [-0.15, -0.1) is 0 Å². The molecule has 1 N–H and O–H groups in total. The summed E-state index contributed by atoms with van der Waals surface area (Å²) in [6, 6.07) is 6.96. The molecule has 8 heteroatoms. The molecule has 0 aromatic heterocycles. The molecule has 0 bridgehead atoms. The van der Waals surface area contributed by atoms with Crippen molar-refractivity contribution in [3.8, 4) is 5.75 Å². The molecule has 1 aromatic carbocycles. The summed E-state index contributed by atoms with van der Waals surface area (Å²) in [6.07, 6.45) is 0.541. The number of amides is 1. The summed E-state index contributed by atoms with van der Waals surface area (Å²) in [4.78, 5) is 18.4. The Morgan fingerprint density at radius 2 is 1.84 bits per heavy atom. The number of phenols is 1. The van der Waals surface area contributed by atoms with Gasteiger partial charge in [0.15, 0.2) is 9.84 Å². The predicted octanol–water partition coefficient (Wildman–Crippen LogP) is 0.160. The quantitative estimate of drug-likeness (QED) is 0.817. The van der Waals surface area contributed by atoms with Crippen LogP contribution in [0.15, 0.2) is 24.3 Å². The van der Waals surface area contributed by atoms with E-state index in [-0.39, 0.29) is 29.2 Å². The Balaban J connectivity index is 1.48. The lowest BCUT2D eigenvalue weighted by molar-refractivity contribution is -0.132. The minimum atomic E-state index is -2.98. The third-order valence-corrected chi connectivity index (χ3v) is 6.85. The van der Waals surface area contributed by atoms with E-state index in [1.165, 1.54) is 0 Å². The molecule has 0 spiro atoms. The van der Waals surface area contributed by atoms with Gasteiger partial charge in [-0.1, -0.05) is 0 Å². The Kier molecular flexibility index (Phi) is 5.19. The van der Waals surface area contributed by atoms with Gasteiger partial charge in [-0.3, -0.25) is 9.69 Å². The molecule has 1 aromatic rings. The summed E-state index contributed by atoms with van der Waals surface area (Å²) in [7, 11) is -1.27. The lowest BCUT2D eigenvalue weighted by Gasteiger charge is -2.36. The maximum atomic E-state index is 12.4. The van der Waals surface area contributed by atoms with Crippen molar-refractivity contribution in [1.82, 2.24) is 9.80 Å². The van der Waals surface area contributed by atoms with E-state index in [9.17, 15) is 18.3 Å². The van der Waals surface area contributed by atoms with Crippen molar-refractivity contribution in [3.05, 3.63) is 24.3 Å². The van der Waals surface area contributed by atoms with Crippen LogP contribution in [-0.4, -0.2) is 86.6 Å². The smallest absolute Gasteiger partial charge is 0.236 e. The molecule has 2 aliphatic rings. The standard InChI is InChI=1S/C17H25N3O4S/c1-18(15-6-11-25(23,24)13-15)17(22)12-19-7-9-20(10-8-19)14-2-4-16(21)5-3-14/h2-5,15,21H,6-13H2,1H3/t15-/m1/s1. The Hall–Kier alpha value is -1.80. The Labute approximate surface area is 148 Å². The van der Waals surface area contributed by atoms with Crippen LogP contribution in [-0.2, 0) is 14.6 Å². The van der Waals surface area contributed by atoms with Crippen LogP contribution in [0.25, 0.3) is 0 Å². The first-order valence-corrected chi connectivity index (χ1v) is 10.4. The van der Waals surface area contributed by atoms with E-state index in [0.717, 1.165) is 31.9 Å². The fourth-order valence-electron chi connectivity index (χ4n) is 3.41. The van der Waals surface area contributed by atoms with Crippen molar-refractivity contribution >= 4 is 21.4 Å². The average Bonchev–Trinajstić information content (AvgIpc) is 2.95. The molecule has 2 fully saturated rings. The van der Waals surface area contributed by atoms with E-state index in [4.69, 9.17) is 0 Å². The number of aromatic hydroxyl groups is 1. The highest BCUT2D eigenvalue weighted by molar-refractivity contribution is 7.91. The molecule has 2 aliphatic heterocycles. The van der Waals surface area contributed by atoms with Crippen LogP contribution in [0.2, 0.25) is 0 Å². The fourth-order valence-corrected chi connectivity index (χ4v) is 5.19. The van der Waals surface area contributed by atoms with Crippen molar-refractivity contribution in [1.29, 1.82) is 0 Å². The van der Waals surface area contributed by atoms with Gasteiger partial charge in [0, 0.05) is 45.0 Å². The lowest BCUT2D eigenvalue weighted by Crippen LogP contribution is -2.51. The second-order valence-corrected chi connectivity index (χ2v) is 9.07. The van der Waals surface area contributed by atoms with Crippen LogP contribution in [0, 0.1) is 0 Å². The van der Waals surface area contributed by atoms with Crippen LogP contribution in [0.5, 0.6) is 5.75 Å². The van der Waals surface area contributed by atoms with E-state index in [2.05, 4.69) is 9.80 Å². The minimum Gasteiger partial charge on any atom is -0.508 e. The van der Waals surface area contributed by atoms with Gasteiger partial charge in [-0.25, -0.2) is 8.42 Å². The number of hydrogen-bond acceptors (Lipinski definition) is 6. The molecule has 0 radical (unpaired) electrons. The van der Waals surface area contributed by atoms with Gasteiger partial charge in [0.05, 0.1) is 18.1 Å². The van der Waals surface area contributed by atoms with Crippen LogP contribution in [0.4, 0.5) is 5.69 Å². The number of nitrogens with zero attached hydrogens (tertiary/aromatic N) is 3. The number of phenolic OH excluding ortho intramolecular Hbond substituents is 1. The molecule has 1 atom stereocenters. The predicted molar refractivity (Wildman–Crippen MR) is 96.6 cm³/mol. The summed E-state index contributed by atoms with van der Waals surface area (Å²) < 4.78 is 23.2. The van der Waals surface area contributed by atoms with E-state index >= 15 is 0 Å². The number of carbonyl (C=O) groups is 1. The number of carbonyl (C=O) groups excluding carboxylic acids is 1. The highest BCUT2D eigenvalue weighted by atomic mass is 32.2. The first-order valence-electron chi connectivity index (χ1n) is 8.56. The van der Waals surface area contributed by atoms with Crippen LogP contribution in [0.3, 0.4) is 0 Å². The summed E-state index contributed by atoms with van der Waals surface area (Å²) in [6.45, 7) is 3.53. The number of benzene rings is 1. The molecule has 0 saturated carbocycles. The number of rotatable bonds is 4. The molecule has 3 rings (SSSR count). The second-order valence-electron chi connectivity index (χ2n) is 6.84. The third kappa shape index (κ3) is 4.43. The zero-order valence-corrected chi connectivity index (χ0v) is 15.3. The van der Waals surface area contributed by atoms with Crippen LogP contribution in [0.1, 0.15) is 6.42 Å². The molecular weight excluding hydrogens is 342 g/mol. The number of piperazine rings is 1. The van der Waals surface area contributed by atoms with Gasteiger partial charge in [0.1, 0.15) is 5.75 Å². The summed E-state index contributed by atoms with van der Waals surface area (Å²) in [5.41, 5.74) is 1.07. The Bertz CT molecular complexity index is 712. The topological polar surface area (TPSA) is 81.2 Å². The maximum absolute atomic E-state index is 12.4. The Morgan fingerprint density at radius 3 is 2.40 bits per heavy atom. The number of likely N-dealkylation sites (N-methyl/N-ethyl adjacent to an activating group) is 1. The van der Waals surface area contributed by atoms with Gasteiger partial charge in [-0.2, -0.15) is 0 Å². The highest BCUT2D eigenvalue weighted by Gasteiger charge is 2.33. The molecule has 2 heterocycles.